The number of carbonyl (C=O) groups excluding carboxylic acids is 1. The molecule has 1 aromatic heterocycles. The fourth-order valence-corrected chi connectivity index (χ4v) is 2.72. The van der Waals surface area contributed by atoms with Crippen LogP contribution in [-0.2, 0) is 4.79 Å². The molecule has 0 spiro atoms. The van der Waals surface area contributed by atoms with E-state index in [9.17, 15) is 4.79 Å². The van der Waals surface area contributed by atoms with Crippen LogP contribution in [0.4, 0.5) is 5.69 Å². The Morgan fingerprint density at radius 2 is 2.12 bits per heavy atom. The third kappa shape index (κ3) is 3.66. The zero-order chi connectivity index (χ0) is 17.1. The lowest BCUT2D eigenvalue weighted by atomic mass is 10.2. The van der Waals surface area contributed by atoms with E-state index < -0.39 is 0 Å². The SMILES string of the molecule is Cc1c(Cl)cccc1NC(=O)COc1ncnc2ccc(Br)cc12. The molecule has 0 radical (unpaired) electrons. The Morgan fingerprint density at radius 1 is 1.29 bits per heavy atom. The van der Waals surface area contributed by atoms with E-state index in [4.69, 9.17) is 16.3 Å². The molecule has 0 aliphatic rings. The molecule has 5 nitrogen and oxygen atoms in total. The molecule has 0 bridgehead atoms. The zero-order valence-corrected chi connectivity index (χ0v) is 15.1. The second-order valence-electron chi connectivity index (χ2n) is 5.09. The number of amides is 1. The van der Waals surface area contributed by atoms with Gasteiger partial charge in [-0.1, -0.05) is 33.6 Å². The summed E-state index contributed by atoms with van der Waals surface area (Å²) in [6.45, 7) is 1.68. The summed E-state index contributed by atoms with van der Waals surface area (Å²) in [5.41, 5.74) is 2.21. The van der Waals surface area contributed by atoms with Gasteiger partial charge in [0, 0.05) is 15.2 Å². The number of ether oxygens (including phenoxy) is 1. The highest BCUT2D eigenvalue weighted by molar-refractivity contribution is 9.10. The van der Waals surface area contributed by atoms with Crippen molar-refractivity contribution in [3.63, 3.8) is 0 Å². The van der Waals surface area contributed by atoms with Crippen molar-refractivity contribution < 1.29 is 9.53 Å². The average Bonchev–Trinajstić information content (AvgIpc) is 2.57. The summed E-state index contributed by atoms with van der Waals surface area (Å²) in [5.74, 6) is 0.0707. The van der Waals surface area contributed by atoms with E-state index in [0.717, 1.165) is 20.9 Å². The van der Waals surface area contributed by atoms with Gasteiger partial charge < -0.3 is 10.1 Å². The van der Waals surface area contributed by atoms with Crippen LogP contribution in [0.15, 0.2) is 47.2 Å². The Balaban J connectivity index is 1.73. The molecule has 3 rings (SSSR count). The van der Waals surface area contributed by atoms with Crippen molar-refractivity contribution in [2.75, 3.05) is 11.9 Å². The summed E-state index contributed by atoms with van der Waals surface area (Å²) >= 11 is 9.45. The number of halogens is 2. The first kappa shape index (κ1) is 16.7. The molecule has 1 N–H and O–H groups in total. The number of hydrogen-bond donors (Lipinski definition) is 1. The number of rotatable bonds is 4. The Morgan fingerprint density at radius 3 is 2.96 bits per heavy atom. The topological polar surface area (TPSA) is 64.1 Å². The third-order valence-corrected chi connectivity index (χ3v) is 4.35. The predicted octanol–water partition coefficient (Wildman–Crippen LogP) is 4.37. The summed E-state index contributed by atoms with van der Waals surface area (Å²) in [4.78, 5) is 20.4. The summed E-state index contributed by atoms with van der Waals surface area (Å²) < 4.78 is 6.44. The first-order chi connectivity index (χ1) is 11.5. The highest BCUT2D eigenvalue weighted by Crippen LogP contribution is 2.25. The van der Waals surface area contributed by atoms with Gasteiger partial charge in [-0.25, -0.2) is 9.97 Å². The van der Waals surface area contributed by atoms with Gasteiger partial charge >= 0.3 is 0 Å². The molecule has 7 heteroatoms. The van der Waals surface area contributed by atoms with Gasteiger partial charge in [0.25, 0.3) is 5.91 Å². The number of benzene rings is 2. The maximum atomic E-state index is 12.1. The molecule has 1 amide bonds. The Kier molecular flexibility index (Phi) is 4.97. The van der Waals surface area contributed by atoms with Crippen molar-refractivity contribution in [2.24, 2.45) is 0 Å². The molecule has 24 heavy (non-hydrogen) atoms. The molecule has 0 aliphatic heterocycles. The van der Waals surface area contributed by atoms with E-state index in [1.807, 2.05) is 25.1 Å². The molecule has 0 unspecified atom stereocenters. The summed E-state index contributed by atoms with van der Waals surface area (Å²) in [5, 5.41) is 4.11. The van der Waals surface area contributed by atoms with E-state index in [0.29, 0.717) is 16.6 Å². The molecule has 0 atom stereocenters. The summed E-state index contributed by atoms with van der Waals surface area (Å²) in [7, 11) is 0. The Hall–Kier alpha value is -2.18. The lowest BCUT2D eigenvalue weighted by Gasteiger charge is -2.11. The standard InChI is InChI=1S/C17H13BrClN3O2/c1-10-13(19)3-2-4-14(10)22-16(23)8-24-17-12-7-11(18)5-6-15(12)20-9-21-17/h2-7,9H,8H2,1H3,(H,22,23). The normalized spacial score (nSPS) is 10.6. The van der Waals surface area contributed by atoms with Gasteiger partial charge in [0.1, 0.15) is 6.33 Å². The van der Waals surface area contributed by atoms with Crippen LogP contribution in [0.3, 0.4) is 0 Å². The van der Waals surface area contributed by atoms with E-state index in [2.05, 4.69) is 31.2 Å². The molecule has 0 aliphatic carbocycles. The number of hydrogen-bond acceptors (Lipinski definition) is 4. The monoisotopic (exact) mass is 405 g/mol. The minimum absolute atomic E-state index is 0.162. The molecule has 2 aromatic carbocycles. The number of nitrogens with one attached hydrogen (secondary N) is 1. The van der Waals surface area contributed by atoms with Crippen LogP contribution < -0.4 is 10.1 Å². The van der Waals surface area contributed by atoms with Crippen molar-refractivity contribution >= 4 is 50.0 Å². The van der Waals surface area contributed by atoms with E-state index in [1.54, 1.807) is 18.2 Å². The van der Waals surface area contributed by atoms with Gasteiger partial charge in [-0.15, -0.1) is 0 Å². The minimum atomic E-state index is -0.290. The first-order valence-corrected chi connectivity index (χ1v) is 8.30. The number of nitrogens with zero attached hydrogens (tertiary/aromatic N) is 2. The predicted molar refractivity (Wildman–Crippen MR) is 97.6 cm³/mol. The van der Waals surface area contributed by atoms with Crippen LogP contribution in [-0.4, -0.2) is 22.5 Å². The first-order valence-electron chi connectivity index (χ1n) is 7.12. The van der Waals surface area contributed by atoms with Gasteiger partial charge in [-0.05, 0) is 42.8 Å². The molecular formula is C17H13BrClN3O2. The van der Waals surface area contributed by atoms with Crippen LogP contribution in [0, 0.1) is 6.92 Å². The number of anilines is 1. The van der Waals surface area contributed by atoms with Crippen LogP contribution in [0.25, 0.3) is 10.9 Å². The Labute approximate surface area is 152 Å². The van der Waals surface area contributed by atoms with E-state index >= 15 is 0 Å². The molecule has 0 fully saturated rings. The Bertz CT molecular complexity index is 917. The second kappa shape index (κ2) is 7.15. The van der Waals surface area contributed by atoms with Gasteiger partial charge in [-0.3, -0.25) is 4.79 Å². The summed E-state index contributed by atoms with van der Waals surface area (Å²) in [6.07, 6.45) is 1.41. The van der Waals surface area contributed by atoms with Gasteiger partial charge in [0.2, 0.25) is 5.88 Å². The maximum absolute atomic E-state index is 12.1. The zero-order valence-electron chi connectivity index (χ0n) is 12.7. The van der Waals surface area contributed by atoms with Gasteiger partial charge in [0.05, 0.1) is 10.9 Å². The molecule has 122 valence electrons. The van der Waals surface area contributed by atoms with E-state index in [-0.39, 0.29) is 12.5 Å². The molecule has 1 heterocycles. The molecular weight excluding hydrogens is 394 g/mol. The molecule has 0 saturated heterocycles. The molecule has 3 aromatic rings. The van der Waals surface area contributed by atoms with Crippen LogP contribution in [0.2, 0.25) is 5.02 Å². The fraction of sp³-hybridized carbons (Fsp3) is 0.118. The maximum Gasteiger partial charge on any atom is 0.262 e. The van der Waals surface area contributed by atoms with Crippen LogP contribution in [0.1, 0.15) is 5.56 Å². The number of fused-ring (bicyclic) bond motifs is 1. The van der Waals surface area contributed by atoms with Gasteiger partial charge in [0.15, 0.2) is 6.61 Å². The van der Waals surface area contributed by atoms with Crippen molar-refractivity contribution in [2.45, 2.75) is 6.92 Å². The van der Waals surface area contributed by atoms with Crippen LogP contribution >= 0.6 is 27.5 Å². The lowest BCUT2D eigenvalue weighted by molar-refractivity contribution is -0.118. The van der Waals surface area contributed by atoms with E-state index in [1.165, 1.54) is 6.33 Å². The highest BCUT2D eigenvalue weighted by atomic mass is 79.9. The largest absolute Gasteiger partial charge is 0.467 e. The quantitative estimate of drug-likeness (QED) is 0.699. The number of aromatic nitrogens is 2. The van der Waals surface area contributed by atoms with Crippen molar-refractivity contribution in [3.05, 3.63) is 57.8 Å². The fourth-order valence-electron chi connectivity index (χ4n) is 2.18. The van der Waals surface area contributed by atoms with Gasteiger partial charge in [-0.2, -0.15) is 0 Å². The van der Waals surface area contributed by atoms with Crippen molar-refractivity contribution in [3.8, 4) is 5.88 Å². The van der Waals surface area contributed by atoms with Crippen LogP contribution in [0.5, 0.6) is 5.88 Å². The second-order valence-corrected chi connectivity index (χ2v) is 6.41. The van der Waals surface area contributed by atoms with Crippen molar-refractivity contribution in [1.82, 2.24) is 9.97 Å². The highest BCUT2D eigenvalue weighted by Gasteiger charge is 2.10. The summed E-state index contributed by atoms with van der Waals surface area (Å²) in [6, 6.07) is 10.9. The molecule has 0 saturated carbocycles. The lowest BCUT2D eigenvalue weighted by Crippen LogP contribution is -2.21. The van der Waals surface area contributed by atoms with Crippen molar-refractivity contribution in [1.29, 1.82) is 0 Å². The number of carbonyl (C=O) groups is 1. The smallest absolute Gasteiger partial charge is 0.262 e. The minimum Gasteiger partial charge on any atom is -0.467 e. The third-order valence-electron chi connectivity index (χ3n) is 3.44. The average molecular weight is 407 g/mol.